The van der Waals surface area contributed by atoms with E-state index in [2.05, 4.69) is 21.5 Å². The van der Waals surface area contributed by atoms with Crippen molar-refractivity contribution in [3.8, 4) is 0 Å². The normalized spacial score (nSPS) is 15.2. The van der Waals surface area contributed by atoms with Crippen LogP contribution >= 0.6 is 0 Å². The largest absolute Gasteiger partial charge is 0.404 e. The molecule has 0 bridgehead atoms. The second kappa shape index (κ2) is 8.37. The van der Waals surface area contributed by atoms with Gasteiger partial charge >= 0.3 is 10.4 Å². The molecule has 0 aromatic rings. The van der Waals surface area contributed by atoms with Crippen molar-refractivity contribution in [3.63, 3.8) is 0 Å². The molecule has 0 rings (SSSR count). The summed E-state index contributed by atoms with van der Waals surface area (Å²) in [6.07, 6.45) is 1.04. The molecule has 0 spiro atoms. The molecule has 17 heavy (non-hydrogen) atoms. The van der Waals surface area contributed by atoms with Crippen LogP contribution < -0.4 is 0 Å². The SMILES string of the molecule is C=CCOC(C)OS(=O)(=O)OC(C)OCC=C. The summed E-state index contributed by atoms with van der Waals surface area (Å²) in [5.41, 5.74) is 0. The lowest BCUT2D eigenvalue weighted by Crippen LogP contribution is -2.25. The fourth-order valence-corrected chi connectivity index (χ4v) is 1.64. The average molecular weight is 266 g/mol. The molecule has 0 amide bonds. The summed E-state index contributed by atoms with van der Waals surface area (Å²) in [6.45, 7) is 10.1. The van der Waals surface area contributed by atoms with Gasteiger partial charge in [0.25, 0.3) is 0 Å². The van der Waals surface area contributed by atoms with E-state index in [1.54, 1.807) is 0 Å². The molecule has 0 fully saturated rings. The van der Waals surface area contributed by atoms with Crippen molar-refractivity contribution in [2.75, 3.05) is 13.2 Å². The van der Waals surface area contributed by atoms with Crippen molar-refractivity contribution in [2.45, 2.75) is 26.4 Å². The Morgan fingerprint density at radius 3 is 1.65 bits per heavy atom. The molecule has 2 unspecified atom stereocenters. The third-order valence-corrected chi connectivity index (χ3v) is 2.42. The first-order valence-corrected chi connectivity index (χ1v) is 6.31. The fraction of sp³-hybridized carbons (Fsp3) is 0.600. The predicted octanol–water partition coefficient (Wildman–Crippen LogP) is 1.36. The van der Waals surface area contributed by atoms with Gasteiger partial charge in [0.2, 0.25) is 0 Å². The summed E-state index contributed by atoms with van der Waals surface area (Å²) in [5.74, 6) is 0. The van der Waals surface area contributed by atoms with Gasteiger partial charge in [0.15, 0.2) is 12.6 Å². The zero-order chi connectivity index (χ0) is 13.3. The first-order valence-electron chi connectivity index (χ1n) is 4.97. The van der Waals surface area contributed by atoms with Gasteiger partial charge in [-0.3, -0.25) is 0 Å². The minimum Gasteiger partial charge on any atom is -0.348 e. The quantitative estimate of drug-likeness (QED) is 0.439. The van der Waals surface area contributed by atoms with Crippen molar-refractivity contribution in [1.82, 2.24) is 0 Å². The van der Waals surface area contributed by atoms with Crippen LogP contribution in [0.5, 0.6) is 0 Å². The lowest BCUT2D eigenvalue weighted by Gasteiger charge is -2.15. The minimum absolute atomic E-state index is 0.180. The molecule has 100 valence electrons. The highest BCUT2D eigenvalue weighted by Crippen LogP contribution is 2.07. The van der Waals surface area contributed by atoms with E-state index in [0.29, 0.717) is 0 Å². The summed E-state index contributed by atoms with van der Waals surface area (Å²) in [7, 11) is -4.16. The third-order valence-electron chi connectivity index (χ3n) is 1.40. The van der Waals surface area contributed by atoms with Gasteiger partial charge in [-0.1, -0.05) is 12.2 Å². The summed E-state index contributed by atoms with van der Waals surface area (Å²) >= 11 is 0. The number of hydrogen-bond donors (Lipinski definition) is 0. The first-order chi connectivity index (χ1) is 7.91. The molecule has 2 atom stereocenters. The van der Waals surface area contributed by atoms with Crippen LogP contribution in [0.2, 0.25) is 0 Å². The summed E-state index contributed by atoms with van der Waals surface area (Å²) < 4.78 is 41.6. The molecule has 0 aliphatic rings. The Balaban J connectivity index is 4.09. The van der Waals surface area contributed by atoms with Gasteiger partial charge in [0.05, 0.1) is 13.2 Å². The number of rotatable bonds is 10. The van der Waals surface area contributed by atoms with E-state index in [1.165, 1.54) is 26.0 Å². The number of ether oxygens (including phenoxy) is 2. The van der Waals surface area contributed by atoms with Gasteiger partial charge < -0.3 is 9.47 Å². The van der Waals surface area contributed by atoms with E-state index in [-0.39, 0.29) is 13.2 Å². The average Bonchev–Trinajstić information content (AvgIpc) is 2.22. The fourth-order valence-electron chi connectivity index (χ4n) is 0.817. The monoisotopic (exact) mass is 266 g/mol. The van der Waals surface area contributed by atoms with E-state index in [9.17, 15) is 8.42 Å². The predicted molar refractivity (Wildman–Crippen MR) is 62.3 cm³/mol. The maximum atomic E-state index is 11.3. The highest BCUT2D eigenvalue weighted by molar-refractivity contribution is 7.81. The maximum absolute atomic E-state index is 11.3. The molecule has 0 N–H and O–H groups in total. The third kappa shape index (κ3) is 9.02. The second-order valence-corrected chi connectivity index (χ2v) is 4.18. The lowest BCUT2D eigenvalue weighted by molar-refractivity contribution is -0.0897. The van der Waals surface area contributed by atoms with Crippen LogP contribution in [0.15, 0.2) is 25.3 Å². The smallest absolute Gasteiger partial charge is 0.348 e. The molecule has 0 saturated heterocycles. The van der Waals surface area contributed by atoms with Crippen molar-refractivity contribution < 1.29 is 26.3 Å². The molecule has 7 heteroatoms. The van der Waals surface area contributed by atoms with Crippen LogP contribution in [0.4, 0.5) is 0 Å². The molecule has 0 saturated carbocycles. The molecule has 0 aliphatic carbocycles. The highest BCUT2D eigenvalue weighted by Gasteiger charge is 2.20. The minimum atomic E-state index is -4.16. The summed E-state index contributed by atoms with van der Waals surface area (Å²) in [5, 5.41) is 0. The summed E-state index contributed by atoms with van der Waals surface area (Å²) in [4.78, 5) is 0. The van der Waals surface area contributed by atoms with E-state index >= 15 is 0 Å². The van der Waals surface area contributed by atoms with E-state index < -0.39 is 23.0 Å². The van der Waals surface area contributed by atoms with Crippen molar-refractivity contribution >= 4 is 10.4 Å². The van der Waals surface area contributed by atoms with Crippen LogP contribution in [0, 0.1) is 0 Å². The first kappa shape index (κ1) is 16.3. The molecule has 0 heterocycles. The lowest BCUT2D eigenvalue weighted by atomic mass is 10.7. The zero-order valence-electron chi connectivity index (χ0n) is 10.00. The molecule has 0 aliphatic heterocycles. The van der Waals surface area contributed by atoms with Crippen molar-refractivity contribution in [3.05, 3.63) is 25.3 Å². The molecule has 0 aromatic carbocycles. The topological polar surface area (TPSA) is 71.1 Å². The second-order valence-electron chi connectivity index (χ2n) is 2.98. The molecule has 0 aromatic heterocycles. The van der Waals surface area contributed by atoms with Crippen molar-refractivity contribution in [2.24, 2.45) is 0 Å². The van der Waals surface area contributed by atoms with Crippen LogP contribution in [-0.2, 0) is 28.2 Å². The van der Waals surface area contributed by atoms with Gasteiger partial charge in [0.1, 0.15) is 0 Å². The van der Waals surface area contributed by atoms with Gasteiger partial charge in [-0.15, -0.1) is 13.2 Å². The Morgan fingerprint density at radius 2 is 1.35 bits per heavy atom. The van der Waals surface area contributed by atoms with Crippen LogP contribution in [0.1, 0.15) is 13.8 Å². The van der Waals surface area contributed by atoms with Crippen LogP contribution in [0.25, 0.3) is 0 Å². The highest BCUT2D eigenvalue weighted by atomic mass is 32.3. The van der Waals surface area contributed by atoms with Gasteiger partial charge in [0, 0.05) is 0 Å². The van der Waals surface area contributed by atoms with Gasteiger partial charge in [-0.25, -0.2) is 8.37 Å². The zero-order valence-corrected chi connectivity index (χ0v) is 10.8. The van der Waals surface area contributed by atoms with E-state index in [4.69, 9.17) is 9.47 Å². The van der Waals surface area contributed by atoms with Crippen molar-refractivity contribution in [1.29, 1.82) is 0 Å². The van der Waals surface area contributed by atoms with Gasteiger partial charge in [-0.2, -0.15) is 8.42 Å². The Bertz CT molecular complexity index is 298. The Labute approximate surface area is 102 Å². The Morgan fingerprint density at radius 1 is 1.00 bits per heavy atom. The van der Waals surface area contributed by atoms with E-state index in [1.807, 2.05) is 0 Å². The van der Waals surface area contributed by atoms with E-state index in [0.717, 1.165) is 0 Å². The maximum Gasteiger partial charge on any atom is 0.404 e. The molecule has 0 radical (unpaired) electrons. The molecular formula is C10H18O6S. The molecule has 6 nitrogen and oxygen atoms in total. The van der Waals surface area contributed by atoms with Gasteiger partial charge in [-0.05, 0) is 13.8 Å². The standard InChI is InChI=1S/C10H18O6S/c1-5-7-13-9(3)15-17(11,12)16-10(4)14-8-6-2/h5-6,9-10H,1-2,7-8H2,3-4H3. The Kier molecular flexibility index (Phi) is 8.01. The molecular weight excluding hydrogens is 248 g/mol. The Hall–Kier alpha value is -0.730. The summed E-state index contributed by atoms with van der Waals surface area (Å²) in [6, 6.07) is 0. The van der Waals surface area contributed by atoms with Crippen LogP contribution in [-0.4, -0.2) is 34.2 Å². The van der Waals surface area contributed by atoms with Crippen LogP contribution in [0.3, 0.4) is 0 Å². The number of hydrogen-bond acceptors (Lipinski definition) is 6.